The SMILES string of the molecule is COc1ccc(C)cc1NC(=O)c1nc2c(=O)n(Cc3cccc(Cl)c3)c3cc(C)ccc3n2n1. The molecule has 0 saturated heterocycles. The summed E-state index contributed by atoms with van der Waals surface area (Å²) in [7, 11) is 1.53. The first-order chi connectivity index (χ1) is 16.8. The molecule has 0 saturated carbocycles. The summed E-state index contributed by atoms with van der Waals surface area (Å²) in [5.41, 5.74) is 4.35. The Morgan fingerprint density at radius 3 is 2.57 bits per heavy atom. The van der Waals surface area contributed by atoms with Crippen LogP contribution in [-0.2, 0) is 6.54 Å². The predicted molar refractivity (Wildman–Crippen MR) is 136 cm³/mol. The van der Waals surface area contributed by atoms with Crippen molar-refractivity contribution >= 4 is 39.9 Å². The molecule has 0 unspecified atom stereocenters. The van der Waals surface area contributed by atoms with Gasteiger partial charge in [0, 0.05) is 5.02 Å². The number of benzene rings is 3. The van der Waals surface area contributed by atoms with Gasteiger partial charge in [0.1, 0.15) is 5.75 Å². The van der Waals surface area contributed by atoms with Crippen LogP contribution < -0.4 is 15.6 Å². The third kappa shape index (κ3) is 4.24. The second-order valence-electron chi connectivity index (χ2n) is 8.34. The lowest BCUT2D eigenvalue weighted by Crippen LogP contribution is -2.24. The molecule has 3 aromatic carbocycles. The first kappa shape index (κ1) is 22.6. The second-order valence-corrected chi connectivity index (χ2v) is 8.78. The fraction of sp³-hybridized carbons (Fsp3) is 0.154. The molecule has 5 aromatic rings. The van der Waals surface area contributed by atoms with E-state index in [1.54, 1.807) is 22.8 Å². The van der Waals surface area contributed by atoms with Crippen molar-refractivity contribution in [1.82, 2.24) is 19.2 Å². The zero-order chi connectivity index (χ0) is 24.7. The minimum Gasteiger partial charge on any atom is -0.495 e. The molecule has 2 heterocycles. The quantitative estimate of drug-likeness (QED) is 0.390. The molecule has 0 aliphatic rings. The molecule has 1 amide bonds. The van der Waals surface area contributed by atoms with Crippen LogP contribution in [0.4, 0.5) is 5.69 Å². The molecule has 0 fully saturated rings. The number of carbonyl (C=O) groups is 1. The predicted octanol–water partition coefficient (Wildman–Crippen LogP) is 4.62. The number of methoxy groups -OCH3 is 1. The van der Waals surface area contributed by atoms with E-state index in [9.17, 15) is 9.59 Å². The van der Waals surface area contributed by atoms with E-state index in [0.717, 1.165) is 16.7 Å². The zero-order valence-electron chi connectivity index (χ0n) is 19.4. The van der Waals surface area contributed by atoms with Crippen molar-refractivity contribution in [1.29, 1.82) is 0 Å². The van der Waals surface area contributed by atoms with Gasteiger partial charge in [-0.1, -0.05) is 35.9 Å². The number of amides is 1. The number of nitrogens with zero attached hydrogens (tertiary/aromatic N) is 4. The summed E-state index contributed by atoms with van der Waals surface area (Å²) < 4.78 is 8.39. The van der Waals surface area contributed by atoms with E-state index in [1.807, 2.05) is 56.3 Å². The summed E-state index contributed by atoms with van der Waals surface area (Å²) in [6, 6.07) is 18.5. The molecule has 8 nitrogen and oxygen atoms in total. The highest BCUT2D eigenvalue weighted by Crippen LogP contribution is 2.26. The Balaban J connectivity index is 1.64. The van der Waals surface area contributed by atoms with Crippen LogP contribution in [0.25, 0.3) is 16.7 Å². The van der Waals surface area contributed by atoms with E-state index >= 15 is 0 Å². The Hall–Kier alpha value is -4.17. The summed E-state index contributed by atoms with van der Waals surface area (Å²) >= 11 is 6.16. The van der Waals surface area contributed by atoms with Crippen LogP contribution in [0.5, 0.6) is 5.75 Å². The lowest BCUT2D eigenvalue weighted by molar-refractivity contribution is 0.101. The molecule has 9 heteroatoms. The molecular formula is C26H22ClN5O3. The lowest BCUT2D eigenvalue weighted by Gasteiger charge is -2.12. The molecule has 0 atom stereocenters. The number of hydrogen-bond donors (Lipinski definition) is 1. The molecule has 0 aliphatic carbocycles. The molecule has 5 rings (SSSR count). The minimum absolute atomic E-state index is 0.0599. The maximum atomic E-state index is 13.5. The molecule has 0 radical (unpaired) electrons. The minimum atomic E-state index is -0.543. The highest BCUT2D eigenvalue weighted by Gasteiger charge is 2.20. The fourth-order valence-corrected chi connectivity index (χ4v) is 4.26. The van der Waals surface area contributed by atoms with E-state index in [4.69, 9.17) is 16.3 Å². The smallest absolute Gasteiger partial charge is 0.296 e. The van der Waals surface area contributed by atoms with E-state index in [0.29, 0.717) is 34.0 Å². The number of halogens is 1. The van der Waals surface area contributed by atoms with Crippen molar-refractivity contribution in [3.63, 3.8) is 0 Å². The van der Waals surface area contributed by atoms with Crippen molar-refractivity contribution in [2.45, 2.75) is 20.4 Å². The largest absolute Gasteiger partial charge is 0.495 e. The molecule has 0 aliphatic heterocycles. The monoisotopic (exact) mass is 487 g/mol. The Kier molecular flexibility index (Phi) is 5.74. The standard InChI is InChI=1S/C26H22ClN5O3/c1-15-8-10-22(35-3)19(11-15)28-25(33)23-29-24-26(34)31(14-17-5-4-6-18(27)13-17)21-12-16(2)7-9-20(21)32(24)30-23/h4-13H,14H2,1-3H3,(H,28,33). The maximum Gasteiger partial charge on any atom is 0.296 e. The van der Waals surface area contributed by atoms with E-state index in [1.165, 1.54) is 11.6 Å². The normalized spacial score (nSPS) is 11.2. The average molecular weight is 488 g/mol. The first-order valence-electron chi connectivity index (χ1n) is 10.9. The van der Waals surface area contributed by atoms with Crippen LogP contribution in [0, 0.1) is 13.8 Å². The number of aromatic nitrogens is 4. The van der Waals surface area contributed by atoms with Crippen molar-refractivity contribution in [3.8, 4) is 5.75 Å². The van der Waals surface area contributed by atoms with Crippen LogP contribution in [-0.4, -0.2) is 32.2 Å². The van der Waals surface area contributed by atoms with Gasteiger partial charge < -0.3 is 10.1 Å². The van der Waals surface area contributed by atoms with Gasteiger partial charge in [0.15, 0.2) is 0 Å². The van der Waals surface area contributed by atoms with E-state index in [-0.39, 0.29) is 17.0 Å². The number of aryl methyl sites for hydroxylation is 2. The third-order valence-corrected chi connectivity index (χ3v) is 5.96. The summed E-state index contributed by atoms with van der Waals surface area (Å²) in [6.07, 6.45) is 0. The van der Waals surface area contributed by atoms with Crippen LogP contribution in [0.1, 0.15) is 27.3 Å². The van der Waals surface area contributed by atoms with Gasteiger partial charge >= 0.3 is 0 Å². The highest BCUT2D eigenvalue weighted by molar-refractivity contribution is 6.30. The molecule has 176 valence electrons. The second kappa shape index (κ2) is 8.88. The lowest BCUT2D eigenvalue weighted by atomic mass is 10.2. The van der Waals surface area contributed by atoms with Gasteiger partial charge in [-0.3, -0.25) is 14.2 Å². The van der Waals surface area contributed by atoms with Gasteiger partial charge in [0.2, 0.25) is 11.5 Å². The van der Waals surface area contributed by atoms with Crippen molar-refractivity contribution in [2.75, 3.05) is 12.4 Å². The molecule has 1 N–H and O–H groups in total. The Bertz CT molecular complexity index is 1670. The Morgan fingerprint density at radius 2 is 1.80 bits per heavy atom. The third-order valence-electron chi connectivity index (χ3n) is 5.73. The molecular weight excluding hydrogens is 466 g/mol. The molecule has 0 spiro atoms. The first-order valence-corrected chi connectivity index (χ1v) is 11.3. The van der Waals surface area contributed by atoms with Crippen LogP contribution in [0.3, 0.4) is 0 Å². The number of carbonyl (C=O) groups excluding carboxylic acids is 1. The number of nitrogens with one attached hydrogen (secondary N) is 1. The fourth-order valence-electron chi connectivity index (χ4n) is 4.05. The van der Waals surface area contributed by atoms with Crippen molar-refractivity contribution in [3.05, 3.63) is 98.6 Å². The number of rotatable bonds is 5. The van der Waals surface area contributed by atoms with Crippen molar-refractivity contribution < 1.29 is 9.53 Å². The Labute approximate surface area is 205 Å². The summed E-state index contributed by atoms with van der Waals surface area (Å²) in [5.74, 6) is -0.149. The van der Waals surface area contributed by atoms with Gasteiger partial charge in [-0.2, -0.15) is 4.98 Å². The number of fused-ring (bicyclic) bond motifs is 3. The van der Waals surface area contributed by atoms with Gasteiger partial charge in [-0.05, 0) is 66.9 Å². The van der Waals surface area contributed by atoms with E-state index in [2.05, 4.69) is 15.4 Å². The van der Waals surface area contributed by atoms with Gasteiger partial charge in [-0.15, -0.1) is 5.10 Å². The molecule has 2 aromatic heterocycles. The van der Waals surface area contributed by atoms with Gasteiger partial charge in [-0.25, -0.2) is 4.52 Å². The average Bonchev–Trinajstić information content (AvgIpc) is 3.28. The molecule has 0 bridgehead atoms. The van der Waals surface area contributed by atoms with Crippen LogP contribution in [0.2, 0.25) is 5.02 Å². The highest BCUT2D eigenvalue weighted by atomic mass is 35.5. The van der Waals surface area contributed by atoms with Crippen molar-refractivity contribution in [2.24, 2.45) is 0 Å². The van der Waals surface area contributed by atoms with E-state index < -0.39 is 5.91 Å². The van der Waals surface area contributed by atoms with Crippen LogP contribution >= 0.6 is 11.6 Å². The molecule has 35 heavy (non-hydrogen) atoms. The van der Waals surface area contributed by atoms with Gasteiger partial charge in [0.25, 0.3) is 11.5 Å². The number of anilines is 1. The Morgan fingerprint density at radius 1 is 1.03 bits per heavy atom. The summed E-state index contributed by atoms with van der Waals surface area (Å²) in [5, 5.41) is 7.77. The zero-order valence-corrected chi connectivity index (χ0v) is 20.1. The van der Waals surface area contributed by atoms with Crippen LogP contribution in [0.15, 0.2) is 65.5 Å². The van der Waals surface area contributed by atoms with Gasteiger partial charge in [0.05, 0.1) is 30.4 Å². The summed E-state index contributed by atoms with van der Waals surface area (Å²) in [4.78, 5) is 30.9. The maximum absolute atomic E-state index is 13.5. The summed E-state index contributed by atoms with van der Waals surface area (Å²) in [6.45, 7) is 4.16. The topological polar surface area (TPSA) is 90.5 Å². The number of ether oxygens (including phenoxy) is 1. The number of hydrogen-bond acceptors (Lipinski definition) is 5.